The third-order valence-corrected chi connectivity index (χ3v) is 25.1. The number of benzene rings is 4. The molecule has 5 aromatic rings. The van der Waals surface area contributed by atoms with Crippen molar-refractivity contribution in [2.75, 3.05) is 34.0 Å². The van der Waals surface area contributed by atoms with E-state index in [0.717, 1.165) is 61.3 Å². The highest BCUT2D eigenvalue weighted by Gasteiger charge is 2.54. The maximum atomic E-state index is 15.5. The summed E-state index contributed by atoms with van der Waals surface area (Å²) < 4.78 is 54.4. The highest BCUT2D eigenvalue weighted by Crippen LogP contribution is 2.46. The molecule has 4 aromatic carbocycles. The summed E-state index contributed by atoms with van der Waals surface area (Å²) in [6, 6.07) is 29.3. The monoisotopic (exact) mass is 1410 g/mol. The molecule has 0 spiro atoms. The highest BCUT2D eigenvalue weighted by atomic mass is 28.4. The van der Waals surface area contributed by atoms with Crippen LogP contribution < -0.4 is 30.2 Å². The Morgan fingerprint density at radius 3 is 1.41 bits per heavy atom. The van der Waals surface area contributed by atoms with Gasteiger partial charge in [0.15, 0.2) is 32.1 Å². The fraction of sp³-hybridized carbons (Fsp3) is 0.635. The highest BCUT2D eigenvalue weighted by molar-refractivity contribution is 6.74. The molecule has 15 nitrogen and oxygen atoms in total. The number of methoxy groups -OCH3 is 2. The Kier molecular flexibility index (Phi) is 37.3. The number of nitrogens with zero attached hydrogens (tertiary/aromatic N) is 2. The van der Waals surface area contributed by atoms with E-state index in [2.05, 4.69) is 34.6 Å². The zero-order valence-corrected chi connectivity index (χ0v) is 65.0. The van der Waals surface area contributed by atoms with E-state index in [-0.39, 0.29) is 30.8 Å². The van der Waals surface area contributed by atoms with Gasteiger partial charge >= 0.3 is 11.7 Å². The molecule has 560 valence electrons. The molecule has 0 saturated carbocycles. The van der Waals surface area contributed by atoms with Gasteiger partial charge in [-0.3, -0.25) is 19.0 Å². The SMILES string of the molecule is CCCCCCCCCCCCCCCCCCOc1cc(C(=O)n2c(=O)ccn([C@@H]3O[C@H](COC(c4ccccc4)(c4ccc(OC)cc4)c4ccc(OC)cc4)C(OC(=O)CCC(C)=O)[C@@H]3O[Si](C)(C)C(C)(C)C)c2=O)cc(C)c1OCCCCCCCCCCCCCCCCCC. The molecule has 16 heteroatoms. The van der Waals surface area contributed by atoms with Crippen LogP contribution >= 0.6 is 0 Å². The Labute approximate surface area is 608 Å². The molecule has 0 N–H and O–H groups in total. The van der Waals surface area contributed by atoms with Crippen LogP contribution in [-0.2, 0) is 33.8 Å². The second kappa shape index (κ2) is 45.0. The van der Waals surface area contributed by atoms with Crippen LogP contribution in [0.25, 0.3) is 0 Å². The fourth-order valence-electron chi connectivity index (χ4n) is 13.4. The van der Waals surface area contributed by atoms with Gasteiger partial charge < -0.3 is 42.4 Å². The molecule has 0 amide bonds. The number of hydrogen-bond acceptors (Lipinski definition) is 13. The fourth-order valence-corrected chi connectivity index (χ4v) is 14.7. The average Bonchev–Trinajstić information content (AvgIpc) is 1.07. The summed E-state index contributed by atoms with van der Waals surface area (Å²) in [5.41, 5.74) is -0.282. The van der Waals surface area contributed by atoms with Crippen LogP contribution in [0.2, 0.25) is 18.1 Å². The third-order valence-electron chi connectivity index (χ3n) is 20.6. The lowest BCUT2D eigenvalue weighted by Gasteiger charge is -2.40. The number of rotatable bonds is 52. The van der Waals surface area contributed by atoms with E-state index in [4.69, 9.17) is 37.6 Å². The zero-order valence-electron chi connectivity index (χ0n) is 64.0. The number of unbranched alkanes of at least 4 members (excludes halogenated alkanes) is 30. The standard InChI is InChI=1S/C85H128N2O13Si/c1-12-14-16-18-20-22-24-26-28-30-32-34-36-38-40-45-61-95-74-64-68(63-66(3)78(74)96-62-46-41-39-37-35-33-31-29-27-25-23-21-19-17-15-13-2)81(91)87-76(89)59-60-86(83(87)92)82-80(100-101(10,11)84(5,6)7)79(99-77(90)58-49-67(4)88)75(98-82)65-97-85(69-47-43-42-44-48-69,70-50-54-72(93-8)55-51-70)71-52-56-73(94-9)57-53-71/h42-44,47-48,50-57,59-60,63-64,75,79-80,82H,12-41,45-46,49,58,61-62,65H2,1-11H3/t75-,79?,80+,82-/m1/s1. The number of hydrogen-bond donors (Lipinski definition) is 0. The second-order valence-corrected chi connectivity index (χ2v) is 34.5. The van der Waals surface area contributed by atoms with E-state index < -0.39 is 66.6 Å². The molecular formula is C85H128N2O13Si. The molecule has 1 saturated heterocycles. The molecule has 4 atom stereocenters. The zero-order chi connectivity index (χ0) is 72.9. The summed E-state index contributed by atoms with van der Waals surface area (Å²) in [5.74, 6) is 0.432. The molecule has 1 aliphatic rings. The Bertz CT molecular complexity index is 3250. The van der Waals surface area contributed by atoms with Gasteiger partial charge in [0.2, 0.25) is 0 Å². The number of esters is 1. The lowest BCUT2D eigenvalue weighted by molar-refractivity contribution is -0.159. The minimum absolute atomic E-state index is 0.0652. The molecule has 6 rings (SSSR count). The van der Waals surface area contributed by atoms with Crippen LogP contribution in [0.15, 0.2) is 113 Å². The molecule has 1 aliphatic heterocycles. The molecule has 2 heterocycles. The summed E-state index contributed by atoms with van der Waals surface area (Å²) in [7, 11) is 0.298. The number of aromatic nitrogens is 2. The van der Waals surface area contributed by atoms with E-state index in [1.165, 1.54) is 185 Å². The lowest BCUT2D eigenvalue weighted by Crippen LogP contribution is -2.52. The van der Waals surface area contributed by atoms with E-state index >= 15 is 9.59 Å². The van der Waals surface area contributed by atoms with E-state index in [0.29, 0.717) is 46.3 Å². The van der Waals surface area contributed by atoms with Crippen molar-refractivity contribution in [3.05, 3.63) is 152 Å². The predicted molar refractivity (Wildman–Crippen MR) is 410 cm³/mol. The van der Waals surface area contributed by atoms with Crippen LogP contribution in [0, 0.1) is 6.92 Å². The van der Waals surface area contributed by atoms with Crippen LogP contribution in [0.5, 0.6) is 23.0 Å². The number of Topliss-reactive ketones (excluding diaryl/α,β-unsaturated/α-hetero) is 1. The maximum absolute atomic E-state index is 15.5. The number of ketones is 1. The summed E-state index contributed by atoms with van der Waals surface area (Å²) >= 11 is 0. The normalized spacial score (nSPS) is 15.6. The Balaban J connectivity index is 1.27. The van der Waals surface area contributed by atoms with E-state index in [9.17, 15) is 14.4 Å². The van der Waals surface area contributed by atoms with Gasteiger partial charge in [0.25, 0.3) is 11.5 Å². The first kappa shape index (κ1) is 83.6. The Hall–Kier alpha value is -6.33. The first-order chi connectivity index (χ1) is 48.8. The Morgan fingerprint density at radius 1 is 0.535 bits per heavy atom. The van der Waals surface area contributed by atoms with Crippen molar-refractivity contribution < 1.29 is 52.0 Å². The quantitative estimate of drug-likeness (QED) is 0.0156. The molecular weight excluding hydrogens is 1290 g/mol. The summed E-state index contributed by atoms with van der Waals surface area (Å²) in [6.45, 7) is 18.7. The number of aryl methyl sites for hydroxylation is 1. The largest absolute Gasteiger partial charge is 0.497 e. The number of carbonyl (C=O) groups excluding carboxylic acids is 3. The van der Waals surface area contributed by atoms with Gasteiger partial charge in [-0.15, -0.1) is 0 Å². The van der Waals surface area contributed by atoms with Crippen molar-refractivity contribution in [2.24, 2.45) is 0 Å². The Morgan fingerprint density at radius 2 is 0.970 bits per heavy atom. The average molecular weight is 1410 g/mol. The number of ether oxygens (including phenoxy) is 7. The van der Waals surface area contributed by atoms with Gasteiger partial charge in [-0.25, -0.2) is 4.79 Å². The van der Waals surface area contributed by atoms with Crippen molar-refractivity contribution in [1.29, 1.82) is 0 Å². The summed E-state index contributed by atoms with van der Waals surface area (Å²) in [4.78, 5) is 71.5. The molecule has 0 radical (unpaired) electrons. The van der Waals surface area contributed by atoms with Gasteiger partial charge in [0.05, 0.1) is 40.5 Å². The first-order valence-corrected chi connectivity index (χ1v) is 42.0. The van der Waals surface area contributed by atoms with Gasteiger partial charge in [-0.1, -0.05) is 282 Å². The van der Waals surface area contributed by atoms with E-state index in [1.54, 1.807) is 26.4 Å². The predicted octanol–water partition coefficient (Wildman–Crippen LogP) is 20.9. The molecule has 101 heavy (non-hydrogen) atoms. The van der Waals surface area contributed by atoms with Gasteiger partial charge in [0.1, 0.15) is 35.1 Å². The van der Waals surface area contributed by atoms with Crippen LogP contribution in [0.3, 0.4) is 0 Å². The van der Waals surface area contributed by atoms with Crippen molar-refractivity contribution in [3.8, 4) is 23.0 Å². The second-order valence-electron chi connectivity index (χ2n) is 29.8. The molecule has 0 aliphatic carbocycles. The minimum atomic E-state index is -2.91. The van der Waals surface area contributed by atoms with Crippen molar-refractivity contribution >= 4 is 26.0 Å². The first-order valence-electron chi connectivity index (χ1n) is 39.1. The van der Waals surface area contributed by atoms with Crippen LogP contribution in [-0.4, -0.2) is 87.5 Å². The molecule has 1 unspecified atom stereocenters. The van der Waals surface area contributed by atoms with Crippen LogP contribution in [0.4, 0.5) is 0 Å². The van der Waals surface area contributed by atoms with E-state index in [1.807, 2.05) is 98.9 Å². The molecule has 0 bridgehead atoms. The van der Waals surface area contributed by atoms with Crippen LogP contribution in [0.1, 0.15) is 299 Å². The summed E-state index contributed by atoms with van der Waals surface area (Å²) in [5, 5.41) is -0.411. The van der Waals surface area contributed by atoms with Gasteiger partial charge in [-0.05, 0) is 103 Å². The molecule has 1 aromatic heterocycles. The van der Waals surface area contributed by atoms with Crippen molar-refractivity contribution in [3.63, 3.8) is 0 Å². The third kappa shape index (κ3) is 26.7. The van der Waals surface area contributed by atoms with Crippen molar-refractivity contribution in [1.82, 2.24) is 9.13 Å². The minimum Gasteiger partial charge on any atom is -0.497 e. The topological polar surface area (TPSA) is 169 Å². The lowest BCUT2D eigenvalue weighted by atomic mass is 9.80. The van der Waals surface area contributed by atoms with Gasteiger partial charge in [-0.2, -0.15) is 4.57 Å². The van der Waals surface area contributed by atoms with Crippen molar-refractivity contribution in [2.45, 2.75) is 315 Å². The maximum Gasteiger partial charge on any atom is 0.340 e. The summed E-state index contributed by atoms with van der Waals surface area (Å²) in [6.07, 6.45) is 36.4. The number of carbonyl (C=O) groups is 3. The molecule has 1 fully saturated rings. The van der Waals surface area contributed by atoms with Gasteiger partial charge in [0, 0.05) is 24.2 Å². The smallest absolute Gasteiger partial charge is 0.340 e.